The van der Waals surface area contributed by atoms with E-state index in [1.807, 2.05) is 36.5 Å². The van der Waals surface area contributed by atoms with Crippen molar-refractivity contribution in [2.24, 2.45) is 4.99 Å². The molecule has 0 saturated carbocycles. The van der Waals surface area contributed by atoms with E-state index < -0.39 is 0 Å². The van der Waals surface area contributed by atoms with Gasteiger partial charge in [-0.2, -0.15) is 0 Å². The van der Waals surface area contributed by atoms with Gasteiger partial charge in [-0.3, -0.25) is 0 Å². The van der Waals surface area contributed by atoms with Gasteiger partial charge < -0.3 is 15.1 Å². The number of aromatic nitrogens is 1. The highest BCUT2D eigenvalue weighted by Gasteiger charge is 2.03. The third-order valence-electron chi connectivity index (χ3n) is 3.58. The topological polar surface area (TPSA) is 62.5 Å². The maximum absolute atomic E-state index is 5.37. The number of rotatable bonds is 7. The lowest BCUT2D eigenvalue weighted by molar-refractivity contribution is 0.506. The number of aryl methyl sites for hydroxylation is 1. The van der Waals surface area contributed by atoms with Gasteiger partial charge in [0.1, 0.15) is 10.8 Å². The van der Waals surface area contributed by atoms with Crippen LogP contribution in [-0.4, -0.2) is 17.5 Å². The largest absolute Gasteiger partial charge is 0.469 e. The summed E-state index contributed by atoms with van der Waals surface area (Å²) in [5.41, 5.74) is 1.18. The minimum Gasteiger partial charge on any atom is -0.469 e. The molecule has 0 spiro atoms. The van der Waals surface area contributed by atoms with Gasteiger partial charge in [0.15, 0.2) is 5.96 Å². The molecule has 5 nitrogen and oxygen atoms in total. The van der Waals surface area contributed by atoms with Crippen LogP contribution in [0.4, 0.5) is 0 Å². The van der Waals surface area contributed by atoms with Crippen LogP contribution >= 0.6 is 11.3 Å². The maximum Gasteiger partial charge on any atom is 0.191 e. The minimum atomic E-state index is 0.633. The molecular formula is C19H22N4OS. The average molecular weight is 354 g/mol. The van der Waals surface area contributed by atoms with Gasteiger partial charge in [-0.1, -0.05) is 30.3 Å². The number of guanidine groups is 1. The van der Waals surface area contributed by atoms with Crippen LogP contribution in [0.1, 0.15) is 21.2 Å². The normalized spacial score (nSPS) is 11.5. The Morgan fingerprint density at radius 3 is 2.76 bits per heavy atom. The zero-order valence-electron chi connectivity index (χ0n) is 14.2. The van der Waals surface area contributed by atoms with Gasteiger partial charge in [0.25, 0.3) is 0 Å². The first-order chi connectivity index (χ1) is 12.3. The quantitative estimate of drug-likeness (QED) is 0.503. The fraction of sp³-hybridized carbons (Fsp3) is 0.263. The summed E-state index contributed by atoms with van der Waals surface area (Å²) in [5, 5.41) is 7.77. The molecule has 0 bridgehead atoms. The Hall–Kier alpha value is -2.60. The van der Waals surface area contributed by atoms with Crippen molar-refractivity contribution in [3.8, 4) is 0 Å². The monoisotopic (exact) mass is 354 g/mol. The highest BCUT2D eigenvalue weighted by molar-refractivity contribution is 7.11. The Balaban J connectivity index is 1.57. The van der Waals surface area contributed by atoms with E-state index in [0.29, 0.717) is 13.1 Å². The first kappa shape index (κ1) is 17.2. The molecule has 0 aliphatic rings. The molecule has 0 unspecified atom stereocenters. The number of nitrogens with zero attached hydrogens (tertiary/aromatic N) is 2. The summed E-state index contributed by atoms with van der Waals surface area (Å²) in [6, 6.07) is 14.1. The highest BCUT2D eigenvalue weighted by Crippen LogP contribution is 2.10. The molecule has 1 aromatic carbocycles. The number of hydrogen-bond donors (Lipinski definition) is 2. The molecule has 0 aliphatic heterocycles. The van der Waals surface area contributed by atoms with E-state index in [9.17, 15) is 0 Å². The lowest BCUT2D eigenvalue weighted by Crippen LogP contribution is -2.38. The van der Waals surface area contributed by atoms with E-state index in [1.165, 1.54) is 10.4 Å². The molecular weight excluding hydrogens is 332 g/mol. The maximum atomic E-state index is 5.37. The predicted molar refractivity (Wildman–Crippen MR) is 102 cm³/mol. The number of aliphatic imine (C=N–C) groups is 1. The van der Waals surface area contributed by atoms with Crippen LogP contribution in [0, 0.1) is 6.92 Å². The van der Waals surface area contributed by atoms with E-state index in [-0.39, 0.29) is 0 Å². The molecule has 0 radical (unpaired) electrons. The number of benzene rings is 1. The van der Waals surface area contributed by atoms with E-state index in [1.54, 1.807) is 17.6 Å². The van der Waals surface area contributed by atoms with Crippen LogP contribution in [0.15, 0.2) is 64.3 Å². The Labute approximate surface area is 151 Å². The molecule has 6 heteroatoms. The van der Waals surface area contributed by atoms with Gasteiger partial charge in [-0.05, 0) is 24.6 Å². The SMILES string of the molecule is Cc1cnc(CNC(=NCc2ccccc2)NCCc2ccco2)s1. The second-order valence-corrected chi connectivity index (χ2v) is 6.94. The summed E-state index contributed by atoms with van der Waals surface area (Å²) in [4.78, 5) is 10.3. The van der Waals surface area contributed by atoms with Crippen molar-refractivity contribution in [1.29, 1.82) is 0 Å². The zero-order chi connectivity index (χ0) is 17.3. The predicted octanol–water partition coefficient (Wildman–Crippen LogP) is 3.52. The van der Waals surface area contributed by atoms with Crippen molar-refractivity contribution >= 4 is 17.3 Å². The first-order valence-electron chi connectivity index (χ1n) is 8.29. The van der Waals surface area contributed by atoms with Gasteiger partial charge in [-0.25, -0.2) is 9.98 Å². The number of hydrogen-bond acceptors (Lipinski definition) is 4. The van der Waals surface area contributed by atoms with E-state index in [0.717, 1.165) is 29.7 Å². The van der Waals surface area contributed by atoms with E-state index in [2.05, 4.69) is 39.7 Å². The smallest absolute Gasteiger partial charge is 0.191 e. The molecule has 0 atom stereocenters. The molecule has 0 amide bonds. The molecule has 130 valence electrons. The summed E-state index contributed by atoms with van der Waals surface area (Å²) in [7, 11) is 0. The average Bonchev–Trinajstić information content (AvgIpc) is 3.29. The van der Waals surface area contributed by atoms with Gasteiger partial charge in [0.05, 0.1) is 19.4 Å². The van der Waals surface area contributed by atoms with Gasteiger partial charge in [0, 0.05) is 24.0 Å². The lowest BCUT2D eigenvalue weighted by atomic mass is 10.2. The van der Waals surface area contributed by atoms with Gasteiger partial charge in [0.2, 0.25) is 0 Å². The molecule has 3 rings (SSSR count). The highest BCUT2D eigenvalue weighted by atomic mass is 32.1. The molecule has 3 aromatic rings. The van der Waals surface area contributed by atoms with Crippen molar-refractivity contribution in [3.63, 3.8) is 0 Å². The van der Waals surface area contributed by atoms with E-state index >= 15 is 0 Å². The molecule has 0 aliphatic carbocycles. The summed E-state index contributed by atoms with van der Waals surface area (Å²) < 4.78 is 5.37. The Kier molecular flexibility index (Phi) is 6.23. The van der Waals surface area contributed by atoms with Crippen molar-refractivity contribution < 1.29 is 4.42 Å². The Morgan fingerprint density at radius 2 is 2.04 bits per heavy atom. The van der Waals surface area contributed by atoms with Crippen molar-refractivity contribution in [2.75, 3.05) is 6.54 Å². The lowest BCUT2D eigenvalue weighted by Gasteiger charge is -2.11. The third kappa shape index (κ3) is 5.76. The minimum absolute atomic E-state index is 0.633. The van der Waals surface area contributed by atoms with Crippen LogP contribution in [0.25, 0.3) is 0 Å². The second kappa shape index (κ2) is 9.03. The van der Waals surface area contributed by atoms with Crippen molar-refractivity contribution in [2.45, 2.75) is 26.4 Å². The summed E-state index contributed by atoms with van der Waals surface area (Å²) in [5.74, 6) is 1.74. The fourth-order valence-electron chi connectivity index (χ4n) is 2.33. The first-order valence-corrected chi connectivity index (χ1v) is 9.11. The number of thiazole rings is 1. The van der Waals surface area contributed by atoms with E-state index in [4.69, 9.17) is 4.42 Å². The van der Waals surface area contributed by atoms with Gasteiger partial charge in [-0.15, -0.1) is 11.3 Å². The third-order valence-corrected chi connectivity index (χ3v) is 4.50. The zero-order valence-corrected chi connectivity index (χ0v) is 15.1. The molecule has 0 saturated heterocycles. The molecule has 0 fully saturated rings. The van der Waals surface area contributed by atoms with Crippen LogP contribution in [0.5, 0.6) is 0 Å². The summed E-state index contributed by atoms with van der Waals surface area (Å²) in [6.07, 6.45) is 4.41. The Morgan fingerprint density at radius 1 is 1.16 bits per heavy atom. The van der Waals surface area contributed by atoms with Crippen LogP contribution in [0.3, 0.4) is 0 Å². The molecule has 25 heavy (non-hydrogen) atoms. The molecule has 2 N–H and O–H groups in total. The second-order valence-electron chi connectivity index (χ2n) is 5.62. The van der Waals surface area contributed by atoms with Crippen molar-refractivity contribution in [1.82, 2.24) is 15.6 Å². The summed E-state index contributed by atoms with van der Waals surface area (Å²) >= 11 is 1.69. The van der Waals surface area contributed by atoms with Crippen molar-refractivity contribution in [3.05, 3.63) is 76.1 Å². The standard InChI is InChI=1S/C19H22N4OS/c1-15-12-21-18(25-15)14-23-19(20-10-9-17-8-5-11-24-17)22-13-16-6-3-2-4-7-16/h2-8,11-12H,9-10,13-14H2,1H3,(H2,20,22,23). The van der Waals surface area contributed by atoms with Crippen LogP contribution < -0.4 is 10.6 Å². The molecule has 2 heterocycles. The fourth-order valence-corrected chi connectivity index (χ4v) is 3.06. The number of furan rings is 1. The summed E-state index contributed by atoms with van der Waals surface area (Å²) in [6.45, 7) is 4.12. The van der Waals surface area contributed by atoms with Crippen LogP contribution in [-0.2, 0) is 19.5 Å². The molecule has 2 aromatic heterocycles. The van der Waals surface area contributed by atoms with Crippen LogP contribution in [0.2, 0.25) is 0 Å². The van der Waals surface area contributed by atoms with Gasteiger partial charge >= 0.3 is 0 Å². The number of nitrogens with one attached hydrogen (secondary N) is 2. The Bertz CT molecular complexity index is 781.